The average Bonchev–Trinajstić information content (AvgIpc) is 2.54. The quantitative estimate of drug-likeness (QED) is 0.596. The summed E-state index contributed by atoms with van der Waals surface area (Å²) in [4.78, 5) is 10.5. The van der Waals surface area contributed by atoms with Gasteiger partial charge in [-0.15, -0.1) is 11.6 Å². The van der Waals surface area contributed by atoms with E-state index in [1.54, 1.807) is 0 Å². The summed E-state index contributed by atoms with van der Waals surface area (Å²) in [5, 5.41) is 10.9. The van der Waals surface area contributed by atoms with E-state index in [0.717, 1.165) is 28.9 Å². The molecule has 0 saturated heterocycles. The number of halogens is 1. The summed E-state index contributed by atoms with van der Waals surface area (Å²) in [6, 6.07) is 15.6. The van der Waals surface area contributed by atoms with Crippen LogP contribution in [0.5, 0.6) is 5.75 Å². The van der Waals surface area contributed by atoms with E-state index in [-0.39, 0.29) is 0 Å². The fraction of sp³-hybridized carbons (Fsp3) is 0.235. The molecule has 22 heavy (non-hydrogen) atoms. The van der Waals surface area contributed by atoms with Gasteiger partial charge in [-0.1, -0.05) is 36.4 Å². The van der Waals surface area contributed by atoms with Gasteiger partial charge in [-0.3, -0.25) is 0 Å². The van der Waals surface area contributed by atoms with Crippen LogP contribution < -0.4 is 10.1 Å². The Labute approximate surface area is 134 Å². The molecule has 2 rings (SSSR count). The van der Waals surface area contributed by atoms with E-state index in [0.29, 0.717) is 19.0 Å². The highest BCUT2D eigenvalue weighted by Gasteiger charge is 2.02. The third kappa shape index (κ3) is 4.97. The number of hydrogen-bond donors (Lipinski definition) is 2. The van der Waals surface area contributed by atoms with E-state index in [4.69, 9.17) is 21.4 Å². The molecule has 0 bridgehead atoms. The summed E-state index contributed by atoms with van der Waals surface area (Å²) in [5.41, 5.74) is 3.03. The Morgan fingerprint density at radius 1 is 1.14 bits per heavy atom. The highest BCUT2D eigenvalue weighted by Crippen LogP contribution is 2.24. The Morgan fingerprint density at radius 3 is 2.59 bits per heavy atom. The van der Waals surface area contributed by atoms with Crippen molar-refractivity contribution in [3.63, 3.8) is 0 Å². The minimum atomic E-state index is -1.02. The zero-order valence-electron chi connectivity index (χ0n) is 12.1. The Morgan fingerprint density at radius 2 is 1.91 bits per heavy atom. The molecule has 2 N–H and O–H groups in total. The second-order valence-electron chi connectivity index (χ2n) is 4.77. The number of amides is 1. The molecule has 2 aromatic carbocycles. The smallest absolute Gasteiger partial charge is 0.404 e. The molecule has 0 aliphatic carbocycles. The molecule has 0 atom stereocenters. The lowest BCUT2D eigenvalue weighted by Crippen LogP contribution is -2.19. The normalized spacial score (nSPS) is 10.2. The lowest BCUT2D eigenvalue weighted by molar-refractivity contribution is 0.194. The molecule has 1 amide bonds. The molecule has 0 saturated carbocycles. The first-order valence-electron chi connectivity index (χ1n) is 7.04. The topological polar surface area (TPSA) is 58.6 Å². The number of alkyl halides is 1. The maximum atomic E-state index is 10.5. The summed E-state index contributed by atoms with van der Waals surface area (Å²) < 4.78 is 5.64. The van der Waals surface area contributed by atoms with Gasteiger partial charge in [0.15, 0.2) is 0 Å². The number of ether oxygens (including phenoxy) is 1. The third-order valence-electron chi connectivity index (χ3n) is 3.11. The number of benzene rings is 2. The number of rotatable bonds is 7. The Bertz CT molecular complexity index is 614. The van der Waals surface area contributed by atoms with Crippen molar-refractivity contribution in [3.05, 3.63) is 54.1 Å². The number of carboxylic acid groups (broad SMARTS) is 1. The first-order chi connectivity index (χ1) is 10.7. The van der Waals surface area contributed by atoms with E-state index in [1.807, 2.05) is 48.5 Å². The van der Waals surface area contributed by atoms with Crippen LogP contribution in [0.1, 0.15) is 12.0 Å². The predicted octanol–water partition coefficient (Wildman–Crippen LogP) is 4.13. The van der Waals surface area contributed by atoms with Gasteiger partial charge < -0.3 is 15.2 Å². The molecular formula is C17H18ClNO3. The first-order valence-corrected chi connectivity index (χ1v) is 7.57. The zero-order chi connectivity index (χ0) is 15.8. The van der Waals surface area contributed by atoms with E-state index in [1.165, 1.54) is 0 Å². The molecule has 5 heteroatoms. The highest BCUT2D eigenvalue weighted by atomic mass is 35.5. The van der Waals surface area contributed by atoms with Crippen LogP contribution >= 0.6 is 11.6 Å². The molecular weight excluding hydrogens is 302 g/mol. The fourth-order valence-corrected chi connectivity index (χ4v) is 2.11. The van der Waals surface area contributed by atoms with Crippen LogP contribution in [0.3, 0.4) is 0 Å². The van der Waals surface area contributed by atoms with Gasteiger partial charge in [0, 0.05) is 12.4 Å². The van der Waals surface area contributed by atoms with Crippen molar-refractivity contribution in [3.8, 4) is 16.9 Å². The van der Waals surface area contributed by atoms with E-state index in [2.05, 4.69) is 5.32 Å². The minimum absolute atomic E-state index is 0.303. The SMILES string of the molecule is O=C(O)NCc1ccc(-c2cccc(OCCCCl)c2)cc1. The highest BCUT2D eigenvalue weighted by molar-refractivity contribution is 6.17. The van der Waals surface area contributed by atoms with Gasteiger partial charge in [0.05, 0.1) is 6.61 Å². The van der Waals surface area contributed by atoms with Crippen molar-refractivity contribution >= 4 is 17.7 Å². The maximum absolute atomic E-state index is 10.5. The lowest BCUT2D eigenvalue weighted by atomic mass is 10.0. The number of nitrogens with one attached hydrogen (secondary N) is 1. The molecule has 4 nitrogen and oxygen atoms in total. The second-order valence-corrected chi connectivity index (χ2v) is 5.15. The molecule has 0 spiro atoms. The Kier molecular flexibility index (Phi) is 6.10. The molecule has 0 radical (unpaired) electrons. The second kappa shape index (κ2) is 8.29. The van der Waals surface area contributed by atoms with Crippen molar-refractivity contribution in [2.75, 3.05) is 12.5 Å². The van der Waals surface area contributed by atoms with E-state index < -0.39 is 6.09 Å². The molecule has 0 aliphatic heterocycles. The number of hydrogen-bond acceptors (Lipinski definition) is 2. The number of carbonyl (C=O) groups is 1. The van der Waals surface area contributed by atoms with Crippen molar-refractivity contribution in [1.82, 2.24) is 5.32 Å². The monoisotopic (exact) mass is 319 g/mol. The van der Waals surface area contributed by atoms with Gasteiger partial charge in [-0.05, 0) is 35.2 Å². The van der Waals surface area contributed by atoms with Gasteiger partial charge in [-0.25, -0.2) is 4.79 Å². The van der Waals surface area contributed by atoms with Gasteiger partial charge in [-0.2, -0.15) is 0 Å². The maximum Gasteiger partial charge on any atom is 0.404 e. The van der Waals surface area contributed by atoms with Crippen molar-refractivity contribution in [1.29, 1.82) is 0 Å². The molecule has 116 valence electrons. The summed E-state index contributed by atoms with van der Waals surface area (Å²) in [7, 11) is 0. The van der Waals surface area contributed by atoms with Gasteiger partial charge in [0.1, 0.15) is 5.75 Å². The lowest BCUT2D eigenvalue weighted by Gasteiger charge is -2.08. The predicted molar refractivity (Wildman–Crippen MR) is 87.6 cm³/mol. The largest absolute Gasteiger partial charge is 0.494 e. The van der Waals surface area contributed by atoms with Gasteiger partial charge in [0.2, 0.25) is 0 Å². The van der Waals surface area contributed by atoms with Crippen molar-refractivity contribution in [2.24, 2.45) is 0 Å². The van der Waals surface area contributed by atoms with E-state index >= 15 is 0 Å². The molecule has 2 aromatic rings. The molecule has 0 unspecified atom stereocenters. The first kappa shape index (κ1) is 16.2. The molecule has 0 aromatic heterocycles. The van der Waals surface area contributed by atoms with Crippen molar-refractivity contribution < 1.29 is 14.6 Å². The fourth-order valence-electron chi connectivity index (χ4n) is 2.00. The third-order valence-corrected chi connectivity index (χ3v) is 3.38. The molecule has 0 aliphatic rings. The van der Waals surface area contributed by atoms with Gasteiger partial charge >= 0.3 is 6.09 Å². The van der Waals surface area contributed by atoms with Crippen LogP contribution in [-0.2, 0) is 6.54 Å². The summed E-state index contributed by atoms with van der Waals surface area (Å²) in [5.74, 6) is 1.41. The van der Waals surface area contributed by atoms with E-state index in [9.17, 15) is 4.79 Å². The molecule has 0 heterocycles. The average molecular weight is 320 g/mol. The molecule has 0 fully saturated rings. The van der Waals surface area contributed by atoms with Crippen LogP contribution in [-0.4, -0.2) is 23.7 Å². The van der Waals surface area contributed by atoms with Crippen LogP contribution in [0.4, 0.5) is 4.79 Å². The summed E-state index contributed by atoms with van der Waals surface area (Å²) >= 11 is 5.63. The summed E-state index contributed by atoms with van der Waals surface area (Å²) in [6.07, 6.45) is -0.206. The Hall–Kier alpha value is -2.20. The van der Waals surface area contributed by atoms with Crippen molar-refractivity contribution in [2.45, 2.75) is 13.0 Å². The summed E-state index contributed by atoms with van der Waals surface area (Å²) in [6.45, 7) is 0.907. The van der Waals surface area contributed by atoms with Crippen LogP contribution in [0.2, 0.25) is 0 Å². The standard InChI is InChI=1S/C17H18ClNO3/c18-9-2-10-22-16-4-1-3-15(11-16)14-7-5-13(6-8-14)12-19-17(20)21/h1,3-8,11,19H,2,9-10,12H2,(H,20,21). The van der Waals surface area contributed by atoms with Crippen LogP contribution in [0.25, 0.3) is 11.1 Å². The van der Waals surface area contributed by atoms with Gasteiger partial charge in [0.25, 0.3) is 0 Å². The zero-order valence-corrected chi connectivity index (χ0v) is 12.8. The van der Waals surface area contributed by atoms with Crippen LogP contribution in [0.15, 0.2) is 48.5 Å². The minimum Gasteiger partial charge on any atom is -0.494 e. The van der Waals surface area contributed by atoms with Crippen LogP contribution in [0, 0.1) is 0 Å². The Balaban J connectivity index is 2.04.